The van der Waals surface area contributed by atoms with Gasteiger partial charge in [-0.25, -0.2) is 14.2 Å². The van der Waals surface area contributed by atoms with Gasteiger partial charge in [0, 0.05) is 6.07 Å². The van der Waals surface area contributed by atoms with Crippen LogP contribution < -0.4 is 5.73 Å². The van der Waals surface area contributed by atoms with Crippen molar-refractivity contribution in [1.82, 2.24) is 9.55 Å². The molecule has 0 spiro atoms. The van der Waals surface area contributed by atoms with Gasteiger partial charge in [0.05, 0.1) is 23.8 Å². The highest BCUT2D eigenvalue weighted by Gasteiger charge is 2.19. The Hall–Kier alpha value is -2.97. The molecule has 9 heteroatoms. The summed E-state index contributed by atoms with van der Waals surface area (Å²) in [6.07, 6.45) is 1.15. The summed E-state index contributed by atoms with van der Waals surface area (Å²) < 4.78 is 19.0. The highest BCUT2D eigenvalue weighted by Crippen LogP contribution is 2.23. The first-order valence-corrected chi connectivity index (χ1v) is 5.30. The number of imidazole rings is 1. The van der Waals surface area contributed by atoms with Crippen molar-refractivity contribution in [3.63, 3.8) is 0 Å². The molecule has 0 bridgehead atoms. The number of anilines is 1. The molecule has 1 aromatic heterocycles. The zero-order chi connectivity index (χ0) is 14.9. The Labute approximate surface area is 111 Å². The first kappa shape index (κ1) is 13.5. The van der Waals surface area contributed by atoms with Gasteiger partial charge in [0.1, 0.15) is 18.0 Å². The SMILES string of the molecule is COC(=O)c1ncn(-c2cc(F)cc([N+](=O)[O-])c2)c1N. The monoisotopic (exact) mass is 280 g/mol. The Balaban J connectivity index is 2.55. The number of hydrogen-bond donors (Lipinski definition) is 1. The van der Waals surface area contributed by atoms with Gasteiger partial charge >= 0.3 is 5.97 Å². The van der Waals surface area contributed by atoms with E-state index >= 15 is 0 Å². The van der Waals surface area contributed by atoms with Crippen LogP contribution in [0.5, 0.6) is 0 Å². The number of nitro groups is 1. The zero-order valence-corrected chi connectivity index (χ0v) is 10.2. The maximum absolute atomic E-state index is 13.4. The van der Waals surface area contributed by atoms with Crippen LogP contribution in [-0.4, -0.2) is 27.6 Å². The lowest BCUT2D eigenvalue weighted by Crippen LogP contribution is -2.07. The van der Waals surface area contributed by atoms with Crippen LogP contribution in [-0.2, 0) is 4.74 Å². The molecule has 104 valence electrons. The average Bonchev–Trinajstić information content (AvgIpc) is 2.79. The van der Waals surface area contributed by atoms with Crippen LogP contribution >= 0.6 is 0 Å². The summed E-state index contributed by atoms with van der Waals surface area (Å²) in [5.41, 5.74) is 5.19. The molecule has 0 unspecified atom stereocenters. The number of hydrogen-bond acceptors (Lipinski definition) is 6. The van der Waals surface area contributed by atoms with E-state index in [0.29, 0.717) is 0 Å². The lowest BCUT2D eigenvalue weighted by molar-refractivity contribution is -0.385. The summed E-state index contributed by atoms with van der Waals surface area (Å²) in [6.45, 7) is 0. The molecule has 8 nitrogen and oxygen atoms in total. The smallest absolute Gasteiger partial charge is 0.360 e. The minimum absolute atomic E-state index is 0.0804. The van der Waals surface area contributed by atoms with Crippen molar-refractivity contribution in [1.29, 1.82) is 0 Å². The molecule has 2 aromatic rings. The van der Waals surface area contributed by atoms with Gasteiger partial charge in [-0.2, -0.15) is 0 Å². The third-order valence-corrected chi connectivity index (χ3v) is 2.54. The molecule has 0 aliphatic rings. The number of nitrogens with two attached hydrogens (primary N) is 1. The van der Waals surface area contributed by atoms with E-state index in [0.717, 1.165) is 36.2 Å². The van der Waals surface area contributed by atoms with Gasteiger partial charge < -0.3 is 10.5 Å². The quantitative estimate of drug-likeness (QED) is 0.514. The van der Waals surface area contributed by atoms with Crippen LogP contribution in [0.4, 0.5) is 15.9 Å². The minimum atomic E-state index is -0.804. The lowest BCUT2D eigenvalue weighted by Gasteiger charge is -2.05. The Morgan fingerprint density at radius 1 is 1.50 bits per heavy atom. The second-order valence-electron chi connectivity index (χ2n) is 3.76. The number of methoxy groups -OCH3 is 1. The number of carbonyl (C=O) groups excluding carboxylic acids is 1. The van der Waals surface area contributed by atoms with E-state index in [4.69, 9.17) is 5.73 Å². The van der Waals surface area contributed by atoms with E-state index in [1.165, 1.54) is 0 Å². The molecule has 1 heterocycles. The van der Waals surface area contributed by atoms with Crippen LogP contribution in [0.2, 0.25) is 0 Å². The van der Waals surface area contributed by atoms with Crippen molar-refractivity contribution in [2.24, 2.45) is 0 Å². The van der Waals surface area contributed by atoms with Crippen molar-refractivity contribution in [3.8, 4) is 5.69 Å². The number of carbonyl (C=O) groups is 1. The third-order valence-electron chi connectivity index (χ3n) is 2.54. The molecule has 0 atom stereocenters. The lowest BCUT2D eigenvalue weighted by atomic mass is 10.2. The number of aromatic nitrogens is 2. The Morgan fingerprint density at radius 2 is 2.20 bits per heavy atom. The molecule has 0 saturated heterocycles. The molecule has 1 aromatic carbocycles. The number of halogens is 1. The van der Waals surface area contributed by atoms with Gasteiger partial charge in [0.25, 0.3) is 5.69 Å². The maximum atomic E-state index is 13.4. The highest BCUT2D eigenvalue weighted by molar-refractivity contribution is 5.92. The van der Waals surface area contributed by atoms with Crippen molar-refractivity contribution >= 4 is 17.5 Å². The van der Waals surface area contributed by atoms with Crippen LogP contribution in [0.25, 0.3) is 5.69 Å². The maximum Gasteiger partial charge on any atom is 0.360 e. The number of esters is 1. The van der Waals surface area contributed by atoms with E-state index in [2.05, 4.69) is 9.72 Å². The summed E-state index contributed by atoms with van der Waals surface area (Å²) in [5, 5.41) is 10.7. The Bertz CT molecular complexity index is 698. The molecule has 2 rings (SSSR count). The standard InChI is InChI=1S/C11H9FN4O4/c1-20-11(17)9-10(13)15(5-14-9)7-2-6(12)3-8(4-7)16(18)19/h2-5H,13H2,1H3. The van der Waals surface area contributed by atoms with Gasteiger partial charge in [-0.15, -0.1) is 0 Å². The van der Waals surface area contributed by atoms with Crippen molar-refractivity contribution in [3.05, 3.63) is 46.2 Å². The fourth-order valence-electron chi connectivity index (χ4n) is 1.62. The van der Waals surface area contributed by atoms with Crippen molar-refractivity contribution < 1.29 is 18.8 Å². The molecule has 0 aliphatic heterocycles. The highest BCUT2D eigenvalue weighted by atomic mass is 19.1. The number of non-ortho nitro benzene ring substituents is 1. The molecule has 0 aliphatic carbocycles. The normalized spacial score (nSPS) is 10.3. The summed E-state index contributed by atoms with van der Waals surface area (Å²) >= 11 is 0. The van der Waals surface area contributed by atoms with Gasteiger partial charge in [-0.1, -0.05) is 0 Å². The van der Waals surface area contributed by atoms with Gasteiger partial charge in [0.15, 0.2) is 5.69 Å². The average molecular weight is 280 g/mol. The molecular formula is C11H9FN4O4. The molecule has 0 radical (unpaired) electrons. The number of ether oxygens (including phenoxy) is 1. The number of rotatable bonds is 3. The second-order valence-corrected chi connectivity index (χ2v) is 3.76. The zero-order valence-electron chi connectivity index (χ0n) is 10.2. The topological polar surface area (TPSA) is 113 Å². The van der Waals surface area contributed by atoms with Crippen LogP contribution in [0.3, 0.4) is 0 Å². The first-order valence-electron chi connectivity index (χ1n) is 5.30. The molecule has 2 N–H and O–H groups in total. The van der Waals surface area contributed by atoms with Gasteiger partial charge in [-0.05, 0) is 6.07 Å². The fourth-order valence-corrected chi connectivity index (χ4v) is 1.62. The van der Waals surface area contributed by atoms with E-state index in [-0.39, 0.29) is 17.2 Å². The minimum Gasteiger partial charge on any atom is -0.464 e. The molecule has 0 amide bonds. The predicted octanol–water partition coefficient (Wildman–Crippen LogP) is 1.29. The van der Waals surface area contributed by atoms with Gasteiger partial charge in [0.2, 0.25) is 0 Å². The number of benzene rings is 1. The first-order chi connectivity index (χ1) is 9.43. The number of nitro benzene ring substituents is 1. The molecule has 0 saturated carbocycles. The Kier molecular flexibility index (Phi) is 3.34. The van der Waals surface area contributed by atoms with E-state index in [9.17, 15) is 19.3 Å². The molecule has 20 heavy (non-hydrogen) atoms. The summed E-state index contributed by atoms with van der Waals surface area (Å²) in [7, 11) is 1.16. The van der Waals surface area contributed by atoms with E-state index < -0.39 is 22.4 Å². The van der Waals surface area contributed by atoms with E-state index in [1.54, 1.807) is 0 Å². The van der Waals surface area contributed by atoms with Crippen molar-refractivity contribution in [2.75, 3.05) is 12.8 Å². The Morgan fingerprint density at radius 3 is 2.80 bits per heavy atom. The number of nitrogen functional groups attached to an aromatic ring is 1. The summed E-state index contributed by atoms with van der Waals surface area (Å²) in [6, 6.07) is 2.92. The fraction of sp³-hybridized carbons (Fsp3) is 0.0909. The number of nitrogens with zero attached hydrogens (tertiary/aromatic N) is 3. The third kappa shape index (κ3) is 2.28. The van der Waals surface area contributed by atoms with Crippen LogP contribution in [0.15, 0.2) is 24.5 Å². The van der Waals surface area contributed by atoms with Crippen LogP contribution in [0.1, 0.15) is 10.5 Å². The molecular weight excluding hydrogens is 271 g/mol. The second kappa shape index (κ2) is 4.96. The van der Waals surface area contributed by atoms with E-state index in [1.807, 2.05) is 0 Å². The van der Waals surface area contributed by atoms with Gasteiger partial charge in [-0.3, -0.25) is 14.7 Å². The summed E-state index contributed by atoms with van der Waals surface area (Å²) in [5.74, 6) is -1.66. The molecule has 0 fully saturated rings. The van der Waals surface area contributed by atoms with Crippen molar-refractivity contribution in [2.45, 2.75) is 0 Å². The predicted molar refractivity (Wildman–Crippen MR) is 65.9 cm³/mol. The van der Waals surface area contributed by atoms with Crippen LogP contribution in [0, 0.1) is 15.9 Å². The summed E-state index contributed by atoms with van der Waals surface area (Å²) in [4.78, 5) is 25.1. The largest absolute Gasteiger partial charge is 0.464 e.